The van der Waals surface area contributed by atoms with E-state index in [9.17, 15) is 9.90 Å². The zero-order chi connectivity index (χ0) is 10.6. The van der Waals surface area contributed by atoms with Crippen LogP contribution in [0.25, 0.3) is 10.4 Å². The van der Waals surface area contributed by atoms with Crippen molar-refractivity contribution in [1.82, 2.24) is 0 Å². The Morgan fingerprint density at radius 2 is 2.36 bits per heavy atom. The molecule has 0 aliphatic rings. The van der Waals surface area contributed by atoms with Gasteiger partial charge in [0.15, 0.2) is 17.8 Å². The highest BCUT2D eigenvalue weighted by atomic mass is 16.5. The van der Waals surface area contributed by atoms with Crippen LogP contribution in [0, 0.1) is 0 Å². The SMILES string of the molecule is COc1c(O)ccc(C=O)c1N=[N+]=[N-]. The van der Waals surface area contributed by atoms with E-state index in [0.717, 1.165) is 0 Å². The van der Waals surface area contributed by atoms with Crippen LogP contribution in [0.4, 0.5) is 5.69 Å². The molecule has 0 bridgehead atoms. The van der Waals surface area contributed by atoms with E-state index in [1.165, 1.54) is 19.2 Å². The van der Waals surface area contributed by atoms with Crippen molar-refractivity contribution in [2.24, 2.45) is 5.11 Å². The molecule has 0 atom stereocenters. The number of methoxy groups -OCH3 is 1. The molecule has 0 saturated carbocycles. The minimum Gasteiger partial charge on any atom is -0.504 e. The first-order valence-corrected chi connectivity index (χ1v) is 3.64. The number of carbonyl (C=O) groups excluding carboxylic acids is 1. The number of ether oxygens (including phenoxy) is 1. The molecule has 0 aromatic heterocycles. The number of phenols is 1. The number of nitrogens with zero attached hydrogens (tertiary/aromatic N) is 3. The van der Waals surface area contributed by atoms with E-state index in [2.05, 4.69) is 10.0 Å². The molecule has 0 fully saturated rings. The van der Waals surface area contributed by atoms with E-state index in [1.54, 1.807) is 0 Å². The monoisotopic (exact) mass is 193 g/mol. The maximum Gasteiger partial charge on any atom is 0.170 e. The third-order valence-electron chi connectivity index (χ3n) is 1.62. The molecule has 0 saturated heterocycles. The van der Waals surface area contributed by atoms with Crippen molar-refractivity contribution in [1.29, 1.82) is 0 Å². The smallest absolute Gasteiger partial charge is 0.170 e. The van der Waals surface area contributed by atoms with Gasteiger partial charge in [0.25, 0.3) is 0 Å². The fraction of sp³-hybridized carbons (Fsp3) is 0.125. The number of azide groups is 1. The molecule has 1 rings (SSSR count). The Morgan fingerprint density at radius 1 is 1.64 bits per heavy atom. The summed E-state index contributed by atoms with van der Waals surface area (Å²) in [5.41, 5.74) is 8.41. The van der Waals surface area contributed by atoms with E-state index in [1.807, 2.05) is 0 Å². The Balaban J connectivity index is 3.50. The summed E-state index contributed by atoms with van der Waals surface area (Å²) in [6, 6.07) is 2.63. The lowest BCUT2D eigenvalue weighted by Crippen LogP contribution is -1.88. The fourth-order valence-corrected chi connectivity index (χ4v) is 1.02. The number of aldehydes is 1. The molecule has 0 unspecified atom stereocenters. The van der Waals surface area contributed by atoms with Crippen molar-refractivity contribution in [3.8, 4) is 11.5 Å². The van der Waals surface area contributed by atoms with Crippen molar-refractivity contribution in [3.05, 3.63) is 28.1 Å². The van der Waals surface area contributed by atoms with Crippen LogP contribution in [0.2, 0.25) is 0 Å². The highest BCUT2D eigenvalue weighted by Gasteiger charge is 2.11. The molecule has 0 aliphatic carbocycles. The second-order valence-electron chi connectivity index (χ2n) is 2.36. The van der Waals surface area contributed by atoms with E-state index < -0.39 is 0 Å². The lowest BCUT2D eigenvalue weighted by Gasteiger charge is -2.07. The van der Waals surface area contributed by atoms with Crippen LogP contribution in [0.1, 0.15) is 10.4 Å². The molecule has 6 heteroatoms. The van der Waals surface area contributed by atoms with Crippen LogP contribution in [-0.4, -0.2) is 18.5 Å². The van der Waals surface area contributed by atoms with Gasteiger partial charge in [-0.15, -0.1) is 0 Å². The van der Waals surface area contributed by atoms with Crippen molar-refractivity contribution < 1.29 is 14.6 Å². The number of rotatable bonds is 3. The molecule has 0 aliphatic heterocycles. The summed E-state index contributed by atoms with van der Waals surface area (Å²) in [5.74, 6) is -0.187. The molecule has 0 radical (unpaired) electrons. The minimum absolute atomic E-state index is 0.00704. The van der Waals surface area contributed by atoms with Crippen molar-refractivity contribution in [2.75, 3.05) is 7.11 Å². The Hall–Kier alpha value is -2.20. The molecular formula is C8H7N3O3. The van der Waals surface area contributed by atoms with Crippen molar-refractivity contribution in [3.63, 3.8) is 0 Å². The number of carbonyl (C=O) groups is 1. The van der Waals surface area contributed by atoms with Crippen LogP contribution in [0.3, 0.4) is 0 Å². The van der Waals surface area contributed by atoms with Gasteiger partial charge in [-0.1, -0.05) is 5.11 Å². The summed E-state index contributed by atoms with van der Waals surface area (Å²) in [6.07, 6.45) is 0.520. The number of aromatic hydroxyl groups is 1. The molecule has 72 valence electrons. The van der Waals surface area contributed by atoms with Gasteiger partial charge in [-0.2, -0.15) is 0 Å². The molecule has 1 aromatic carbocycles. The average molecular weight is 193 g/mol. The van der Waals surface area contributed by atoms with Gasteiger partial charge in [0.1, 0.15) is 0 Å². The summed E-state index contributed by atoms with van der Waals surface area (Å²) in [5, 5.41) is 12.6. The predicted octanol–water partition coefficient (Wildman–Crippen LogP) is 2.16. The van der Waals surface area contributed by atoms with E-state index in [-0.39, 0.29) is 22.7 Å². The minimum atomic E-state index is -0.180. The lowest BCUT2D eigenvalue weighted by atomic mass is 10.1. The van der Waals surface area contributed by atoms with Gasteiger partial charge in [-0.25, -0.2) is 0 Å². The predicted molar refractivity (Wildman–Crippen MR) is 48.9 cm³/mol. The first-order chi connectivity index (χ1) is 6.74. The summed E-state index contributed by atoms with van der Waals surface area (Å²) >= 11 is 0. The zero-order valence-corrected chi connectivity index (χ0v) is 7.34. The molecule has 0 heterocycles. The van der Waals surface area contributed by atoms with Gasteiger partial charge in [0, 0.05) is 10.5 Å². The first kappa shape index (κ1) is 9.88. The summed E-state index contributed by atoms with van der Waals surface area (Å²) < 4.78 is 4.80. The second kappa shape index (κ2) is 4.15. The molecule has 6 nitrogen and oxygen atoms in total. The van der Waals surface area contributed by atoms with E-state index in [0.29, 0.717) is 6.29 Å². The largest absolute Gasteiger partial charge is 0.504 e. The van der Waals surface area contributed by atoms with Crippen LogP contribution < -0.4 is 4.74 Å². The number of benzene rings is 1. The third-order valence-corrected chi connectivity index (χ3v) is 1.62. The maximum absolute atomic E-state index is 10.6. The van der Waals surface area contributed by atoms with Gasteiger partial charge in [-0.3, -0.25) is 4.79 Å². The van der Waals surface area contributed by atoms with Crippen molar-refractivity contribution >= 4 is 12.0 Å². The standard InChI is InChI=1S/C8H7N3O3/c1-14-8-6(13)3-2-5(4-12)7(8)10-11-9/h2-4,13H,1H3. The Bertz CT molecular complexity index is 411. The fourth-order valence-electron chi connectivity index (χ4n) is 1.02. The van der Waals surface area contributed by atoms with Crippen LogP contribution in [0.5, 0.6) is 11.5 Å². The quantitative estimate of drug-likeness (QED) is 0.344. The molecular weight excluding hydrogens is 186 g/mol. The normalized spacial score (nSPS) is 8.93. The molecule has 14 heavy (non-hydrogen) atoms. The van der Waals surface area contributed by atoms with Crippen LogP contribution in [0.15, 0.2) is 17.2 Å². The van der Waals surface area contributed by atoms with Gasteiger partial charge < -0.3 is 9.84 Å². The molecule has 1 N–H and O–H groups in total. The Kier molecular flexibility index (Phi) is 2.93. The third kappa shape index (κ3) is 1.60. The first-order valence-electron chi connectivity index (χ1n) is 3.64. The molecule has 0 spiro atoms. The van der Waals surface area contributed by atoms with Crippen LogP contribution >= 0.6 is 0 Å². The van der Waals surface area contributed by atoms with Gasteiger partial charge in [0.2, 0.25) is 0 Å². The topological polar surface area (TPSA) is 95.3 Å². The van der Waals surface area contributed by atoms with Crippen LogP contribution in [-0.2, 0) is 0 Å². The second-order valence-corrected chi connectivity index (χ2v) is 2.36. The molecule has 1 aromatic rings. The summed E-state index contributed by atoms with van der Waals surface area (Å²) in [6.45, 7) is 0. The highest BCUT2D eigenvalue weighted by molar-refractivity contribution is 5.86. The van der Waals surface area contributed by atoms with E-state index >= 15 is 0 Å². The van der Waals surface area contributed by atoms with Gasteiger partial charge in [-0.05, 0) is 17.7 Å². The van der Waals surface area contributed by atoms with E-state index in [4.69, 9.17) is 10.3 Å². The summed E-state index contributed by atoms with van der Waals surface area (Å²) in [4.78, 5) is 13.1. The zero-order valence-electron chi connectivity index (χ0n) is 7.34. The Labute approximate surface area is 79.4 Å². The number of hydrogen-bond donors (Lipinski definition) is 1. The van der Waals surface area contributed by atoms with Crippen molar-refractivity contribution in [2.45, 2.75) is 0 Å². The maximum atomic E-state index is 10.6. The number of hydrogen-bond acceptors (Lipinski definition) is 4. The highest BCUT2D eigenvalue weighted by Crippen LogP contribution is 2.38. The molecule has 0 amide bonds. The lowest BCUT2D eigenvalue weighted by molar-refractivity contribution is 0.112. The average Bonchev–Trinajstić information content (AvgIpc) is 2.19. The number of phenolic OH excluding ortho intramolecular Hbond substituents is 1. The van der Waals surface area contributed by atoms with Gasteiger partial charge in [0.05, 0.1) is 12.8 Å². The van der Waals surface area contributed by atoms with Gasteiger partial charge >= 0.3 is 0 Å². The summed E-state index contributed by atoms with van der Waals surface area (Å²) in [7, 11) is 1.31. The Morgan fingerprint density at radius 3 is 2.86 bits per heavy atom.